The van der Waals surface area contributed by atoms with E-state index in [1.54, 1.807) is 7.11 Å². The van der Waals surface area contributed by atoms with E-state index in [9.17, 15) is 4.79 Å². The smallest absolute Gasteiger partial charge is 0.410 e. The van der Waals surface area contributed by atoms with Crippen LogP contribution in [0.25, 0.3) is 0 Å². The topological polar surface area (TPSA) is 76.3 Å². The van der Waals surface area contributed by atoms with Crippen LogP contribution < -0.4 is 0 Å². The molecule has 1 spiro atoms. The van der Waals surface area contributed by atoms with Gasteiger partial charge in [-0.15, -0.1) is 0 Å². The molecule has 5 heterocycles. The fraction of sp³-hybridized carbons (Fsp3) is 0.893. The van der Waals surface area contributed by atoms with Crippen molar-refractivity contribution in [3.05, 3.63) is 11.6 Å². The lowest BCUT2D eigenvalue weighted by Gasteiger charge is -2.44. The van der Waals surface area contributed by atoms with Gasteiger partial charge in [-0.25, -0.2) is 4.79 Å². The van der Waals surface area contributed by atoms with Crippen LogP contribution >= 0.6 is 0 Å². The fourth-order valence-corrected chi connectivity index (χ4v) is 7.51. The van der Waals surface area contributed by atoms with E-state index in [0.717, 1.165) is 77.0 Å². The van der Waals surface area contributed by atoms with Crippen LogP contribution in [0.15, 0.2) is 11.6 Å². The number of epoxide rings is 2. The Morgan fingerprint density at radius 3 is 2.50 bits per heavy atom. The molecule has 1 amide bonds. The maximum absolute atomic E-state index is 13.0. The van der Waals surface area contributed by atoms with Crippen molar-refractivity contribution in [2.24, 2.45) is 23.7 Å². The number of carbonyl (C=O) groups excluding carboxylic acids is 1. The van der Waals surface area contributed by atoms with Crippen molar-refractivity contribution >= 4 is 6.09 Å². The number of amides is 1. The molecular formula is C28H44N2O6. The molecule has 0 N–H and O–H groups in total. The van der Waals surface area contributed by atoms with Crippen LogP contribution in [0, 0.1) is 23.7 Å². The summed E-state index contributed by atoms with van der Waals surface area (Å²) < 4.78 is 30.0. The van der Waals surface area contributed by atoms with Crippen LogP contribution in [0.3, 0.4) is 0 Å². The lowest BCUT2D eigenvalue weighted by molar-refractivity contribution is -0.124. The van der Waals surface area contributed by atoms with E-state index in [2.05, 4.69) is 31.7 Å². The molecule has 6 fully saturated rings. The van der Waals surface area contributed by atoms with Crippen LogP contribution in [0.4, 0.5) is 4.79 Å². The second-order valence-corrected chi connectivity index (χ2v) is 12.7. The van der Waals surface area contributed by atoms with Crippen molar-refractivity contribution < 1.29 is 28.5 Å². The summed E-state index contributed by atoms with van der Waals surface area (Å²) >= 11 is 0. The molecule has 202 valence electrons. The zero-order valence-electron chi connectivity index (χ0n) is 22.4. The molecule has 5 saturated heterocycles. The van der Waals surface area contributed by atoms with Gasteiger partial charge in [-0.3, -0.25) is 0 Å². The van der Waals surface area contributed by atoms with Crippen LogP contribution in [-0.2, 0) is 23.7 Å². The van der Waals surface area contributed by atoms with Crippen molar-refractivity contribution in [2.75, 3.05) is 59.7 Å². The lowest BCUT2D eigenvalue weighted by Crippen LogP contribution is -2.57. The van der Waals surface area contributed by atoms with Crippen LogP contribution in [-0.4, -0.2) is 105 Å². The van der Waals surface area contributed by atoms with Gasteiger partial charge in [-0.2, -0.15) is 0 Å². The lowest BCUT2D eigenvalue weighted by atomic mass is 9.68. The third kappa shape index (κ3) is 4.62. The minimum absolute atomic E-state index is 0.0617. The standard InChI is InChI=1S/C28H44N2O6/c1-18(2)5-6-23-27(3,36-23)25-24(32-4)22(7-9-28(25)17-34-28)35-26(31)30-11-19(12-30)8-10-29-13-20-15-33-16-21(20)14-29/h5,19-25H,6-17H2,1-4H3/t20-,21+,22?,23-,24?,25?,27+,28?/m1/s1. The first-order valence-electron chi connectivity index (χ1n) is 14.0. The van der Waals surface area contributed by atoms with Gasteiger partial charge in [-0.1, -0.05) is 11.6 Å². The summed E-state index contributed by atoms with van der Waals surface area (Å²) in [5, 5.41) is 0. The molecule has 5 aliphatic heterocycles. The number of fused-ring (bicyclic) bond motifs is 1. The van der Waals surface area contributed by atoms with Crippen molar-refractivity contribution in [2.45, 2.75) is 76.0 Å². The quantitative estimate of drug-likeness (QED) is 0.371. The van der Waals surface area contributed by atoms with E-state index < -0.39 is 0 Å². The van der Waals surface area contributed by atoms with E-state index in [1.165, 1.54) is 18.7 Å². The second-order valence-electron chi connectivity index (χ2n) is 12.7. The number of allylic oxidation sites excluding steroid dienone is 1. The third-order valence-electron chi connectivity index (χ3n) is 9.87. The first-order valence-corrected chi connectivity index (χ1v) is 14.0. The summed E-state index contributed by atoms with van der Waals surface area (Å²) in [4.78, 5) is 17.5. The zero-order chi connectivity index (χ0) is 25.1. The Hall–Kier alpha value is -1.19. The van der Waals surface area contributed by atoms with Crippen LogP contribution in [0.2, 0.25) is 0 Å². The number of hydrogen-bond acceptors (Lipinski definition) is 7. The fourth-order valence-electron chi connectivity index (χ4n) is 7.51. The first kappa shape index (κ1) is 25.1. The molecule has 0 aromatic heterocycles. The van der Waals surface area contributed by atoms with Crippen molar-refractivity contribution in [1.29, 1.82) is 0 Å². The Labute approximate surface area is 215 Å². The molecule has 8 atom stereocenters. The molecule has 0 aromatic carbocycles. The van der Waals surface area contributed by atoms with E-state index in [1.807, 2.05) is 4.90 Å². The summed E-state index contributed by atoms with van der Waals surface area (Å²) in [6.07, 6.45) is 5.42. The molecule has 1 saturated carbocycles. The van der Waals surface area contributed by atoms with Gasteiger partial charge in [0.05, 0.1) is 31.8 Å². The van der Waals surface area contributed by atoms with Gasteiger partial charge in [0.1, 0.15) is 23.4 Å². The molecule has 6 aliphatic rings. The number of nitrogens with zero attached hydrogens (tertiary/aromatic N) is 2. The molecule has 0 radical (unpaired) electrons. The second kappa shape index (κ2) is 9.53. The average Bonchev–Trinajstić information content (AvgIpc) is 3.60. The SMILES string of the molecule is COC1C(OC(=O)N2CC(CCN3C[C@H]4COC[C@H]4C3)C2)CCC2(CO2)C1[C@@]1(C)O[C@@H]1CC=C(C)C. The third-order valence-corrected chi connectivity index (χ3v) is 9.87. The molecule has 6 rings (SSSR count). The van der Waals surface area contributed by atoms with Crippen LogP contribution in [0.5, 0.6) is 0 Å². The van der Waals surface area contributed by atoms with E-state index in [0.29, 0.717) is 5.92 Å². The molecular weight excluding hydrogens is 460 g/mol. The summed E-state index contributed by atoms with van der Waals surface area (Å²) in [5.74, 6) is 2.10. The Kier molecular flexibility index (Phi) is 6.64. The number of rotatable bonds is 8. The zero-order valence-corrected chi connectivity index (χ0v) is 22.4. The summed E-state index contributed by atoms with van der Waals surface area (Å²) in [6.45, 7) is 14.1. The van der Waals surface area contributed by atoms with E-state index in [4.69, 9.17) is 23.7 Å². The molecule has 36 heavy (non-hydrogen) atoms. The summed E-state index contributed by atoms with van der Waals surface area (Å²) in [5.41, 5.74) is 0.797. The molecule has 1 aliphatic carbocycles. The van der Waals surface area contributed by atoms with Gasteiger partial charge in [0.15, 0.2) is 0 Å². The first-order chi connectivity index (χ1) is 17.3. The highest BCUT2D eigenvalue weighted by atomic mass is 16.6. The highest BCUT2D eigenvalue weighted by Crippen LogP contribution is 2.59. The van der Waals surface area contributed by atoms with Crippen LogP contribution in [0.1, 0.15) is 46.5 Å². The summed E-state index contributed by atoms with van der Waals surface area (Å²) in [6, 6.07) is 0. The average molecular weight is 505 g/mol. The minimum Gasteiger partial charge on any atom is -0.443 e. The van der Waals surface area contributed by atoms with Gasteiger partial charge in [-0.05, 0) is 58.9 Å². The highest BCUT2D eigenvalue weighted by Gasteiger charge is 2.72. The number of likely N-dealkylation sites (tertiary alicyclic amines) is 2. The predicted molar refractivity (Wildman–Crippen MR) is 134 cm³/mol. The predicted octanol–water partition coefficient (Wildman–Crippen LogP) is 3.10. The molecule has 8 heteroatoms. The van der Waals surface area contributed by atoms with Gasteiger partial charge in [0, 0.05) is 45.1 Å². The normalized spacial score (nSPS) is 43.8. The Balaban J connectivity index is 0.997. The van der Waals surface area contributed by atoms with E-state index >= 15 is 0 Å². The molecule has 4 unspecified atom stereocenters. The maximum Gasteiger partial charge on any atom is 0.410 e. The molecule has 0 aromatic rings. The van der Waals surface area contributed by atoms with Gasteiger partial charge in [0.2, 0.25) is 0 Å². The highest BCUT2D eigenvalue weighted by molar-refractivity contribution is 5.69. The van der Waals surface area contributed by atoms with Gasteiger partial charge in [0.25, 0.3) is 0 Å². The van der Waals surface area contributed by atoms with Crippen molar-refractivity contribution in [1.82, 2.24) is 9.80 Å². The Morgan fingerprint density at radius 1 is 1.14 bits per heavy atom. The number of carbonyl (C=O) groups is 1. The number of ether oxygens (including phenoxy) is 5. The molecule has 0 bridgehead atoms. The number of hydrogen-bond donors (Lipinski definition) is 0. The Bertz CT molecular complexity index is 854. The molecule has 8 nitrogen and oxygen atoms in total. The maximum atomic E-state index is 13.0. The largest absolute Gasteiger partial charge is 0.443 e. The summed E-state index contributed by atoms with van der Waals surface area (Å²) in [7, 11) is 1.73. The minimum atomic E-state index is -0.309. The Morgan fingerprint density at radius 2 is 1.86 bits per heavy atom. The number of methoxy groups -OCH3 is 1. The van der Waals surface area contributed by atoms with Crippen molar-refractivity contribution in [3.63, 3.8) is 0 Å². The van der Waals surface area contributed by atoms with E-state index in [-0.39, 0.29) is 41.5 Å². The monoisotopic (exact) mass is 504 g/mol. The van der Waals surface area contributed by atoms with Gasteiger partial charge < -0.3 is 33.5 Å². The van der Waals surface area contributed by atoms with Gasteiger partial charge >= 0.3 is 6.09 Å². The van der Waals surface area contributed by atoms with Crippen molar-refractivity contribution in [3.8, 4) is 0 Å².